The molecule has 0 aliphatic heterocycles. The highest BCUT2D eigenvalue weighted by Gasteiger charge is 2.23. The number of aromatic nitrogens is 4. The maximum atomic E-state index is 4.43. The molecule has 0 radical (unpaired) electrons. The first-order valence-electron chi connectivity index (χ1n) is 6.58. The Morgan fingerprint density at radius 1 is 1.33 bits per heavy atom. The summed E-state index contributed by atoms with van der Waals surface area (Å²) in [7, 11) is 0. The summed E-state index contributed by atoms with van der Waals surface area (Å²) in [5, 5.41) is 7.89. The Kier molecular flexibility index (Phi) is 2.69. The lowest BCUT2D eigenvalue weighted by molar-refractivity contribution is 0.601. The van der Waals surface area contributed by atoms with Gasteiger partial charge in [0, 0.05) is 17.3 Å². The Morgan fingerprint density at radius 3 is 2.89 bits per heavy atom. The van der Waals surface area contributed by atoms with Gasteiger partial charge in [0.2, 0.25) is 0 Å². The summed E-state index contributed by atoms with van der Waals surface area (Å²) in [6.45, 7) is 6.42. The summed E-state index contributed by atoms with van der Waals surface area (Å²) in [5.74, 6) is 2.54. The number of aryl methyl sites for hydroxylation is 1. The first-order valence-corrected chi connectivity index (χ1v) is 6.58. The van der Waals surface area contributed by atoms with E-state index in [9.17, 15) is 0 Å². The zero-order chi connectivity index (χ0) is 12.7. The number of nitrogens with zero attached hydrogens (tertiary/aromatic N) is 4. The molecule has 1 aliphatic carbocycles. The predicted octanol–water partition coefficient (Wildman–Crippen LogP) is 2.34. The van der Waals surface area contributed by atoms with Crippen LogP contribution in [0.1, 0.15) is 37.4 Å². The fourth-order valence-corrected chi connectivity index (χ4v) is 2.73. The third kappa shape index (κ3) is 1.83. The summed E-state index contributed by atoms with van der Waals surface area (Å²) >= 11 is 0. The Labute approximate surface area is 107 Å². The molecule has 0 amide bonds. The van der Waals surface area contributed by atoms with Crippen LogP contribution in [0.4, 0.5) is 5.82 Å². The molecule has 1 saturated carbocycles. The van der Waals surface area contributed by atoms with Crippen LogP contribution in [0.3, 0.4) is 0 Å². The first kappa shape index (κ1) is 11.4. The Hall–Kier alpha value is -1.65. The molecule has 1 fully saturated rings. The maximum absolute atomic E-state index is 4.43. The highest BCUT2D eigenvalue weighted by Crippen LogP contribution is 2.28. The van der Waals surface area contributed by atoms with Crippen molar-refractivity contribution >= 4 is 11.6 Å². The Bertz CT molecular complexity index is 574. The molecular weight excluding hydrogens is 226 g/mol. The second kappa shape index (κ2) is 4.23. The van der Waals surface area contributed by atoms with Crippen LogP contribution >= 0.6 is 0 Å². The molecule has 1 N–H and O–H groups in total. The number of fused-ring (bicyclic) bond motifs is 1. The molecule has 2 unspecified atom stereocenters. The maximum Gasteiger partial charge on any atom is 0.254 e. The van der Waals surface area contributed by atoms with E-state index in [2.05, 4.69) is 34.2 Å². The molecule has 96 valence electrons. The molecule has 18 heavy (non-hydrogen) atoms. The van der Waals surface area contributed by atoms with Crippen molar-refractivity contribution in [1.29, 1.82) is 0 Å². The normalized spacial score (nSPS) is 23.7. The lowest BCUT2D eigenvalue weighted by Gasteiger charge is -2.17. The topological polar surface area (TPSA) is 55.1 Å². The van der Waals surface area contributed by atoms with E-state index in [1.54, 1.807) is 6.33 Å². The van der Waals surface area contributed by atoms with Gasteiger partial charge in [-0.3, -0.25) is 0 Å². The molecule has 0 bridgehead atoms. The zero-order valence-corrected chi connectivity index (χ0v) is 11.1. The van der Waals surface area contributed by atoms with Gasteiger partial charge in [0.25, 0.3) is 5.78 Å². The summed E-state index contributed by atoms with van der Waals surface area (Å²) in [5.41, 5.74) is 2.18. The van der Waals surface area contributed by atoms with E-state index in [-0.39, 0.29) is 0 Å². The standard InChI is InChI=1S/C13H19N5/c1-8-4-5-11(6-8)17-12-9(2)10(3)16-13-14-7-15-18(12)13/h7-8,11,17H,4-6H2,1-3H3. The van der Waals surface area contributed by atoms with E-state index in [1.165, 1.54) is 19.3 Å². The van der Waals surface area contributed by atoms with Crippen LogP contribution in [0.5, 0.6) is 0 Å². The van der Waals surface area contributed by atoms with Crippen molar-refractivity contribution in [3.05, 3.63) is 17.6 Å². The minimum absolute atomic E-state index is 0.549. The molecule has 5 nitrogen and oxygen atoms in total. The molecule has 5 heteroatoms. The van der Waals surface area contributed by atoms with Crippen molar-refractivity contribution in [1.82, 2.24) is 19.6 Å². The average molecular weight is 245 g/mol. The molecule has 2 aromatic heterocycles. The average Bonchev–Trinajstić information content (AvgIpc) is 2.93. The fourth-order valence-electron chi connectivity index (χ4n) is 2.73. The van der Waals surface area contributed by atoms with Crippen molar-refractivity contribution in [2.24, 2.45) is 5.92 Å². The van der Waals surface area contributed by atoms with Crippen LogP contribution in [-0.4, -0.2) is 25.6 Å². The lowest BCUT2D eigenvalue weighted by Crippen LogP contribution is -2.19. The van der Waals surface area contributed by atoms with E-state index in [4.69, 9.17) is 0 Å². The van der Waals surface area contributed by atoms with Crippen LogP contribution in [0, 0.1) is 19.8 Å². The second-order valence-electron chi connectivity index (χ2n) is 5.40. The van der Waals surface area contributed by atoms with E-state index < -0.39 is 0 Å². The van der Waals surface area contributed by atoms with Crippen molar-refractivity contribution < 1.29 is 0 Å². The van der Waals surface area contributed by atoms with Gasteiger partial charge in [-0.2, -0.15) is 14.6 Å². The Morgan fingerprint density at radius 2 is 2.17 bits per heavy atom. The number of rotatable bonds is 2. The number of hydrogen-bond acceptors (Lipinski definition) is 4. The second-order valence-corrected chi connectivity index (χ2v) is 5.40. The van der Waals surface area contributed by atoms with Crippen LogP contribution in [-0.2, 0) is 0 Å². The molecule has 0 spiro atoms. The third-order valence-corrected chi connectivity index (χ3v) is 3.94. The van der Waals surface area contributed by atoms with Crippen LogP contribution in [0.2, 0.25) is 0 Å². The van der Waals surface area contributed by atoms with Crippen LogP contribution in [0.25, 0.3) is 5.78 Å². The van der Waals surface area contributed by atoms with E-state index in [0.717, 1.165) is 23.0 Å². The summed E-state index contributed by atoms with van der Waals surface area (Å²) in [6.07, 6.45) is 5.33. The van der Waals surface area contributed by atoms with Gasteiger partial charge in [0.1, 0.15) is 12.1 Å². The predicted molar refractivity (Wildman–Crippen MR) is 70.7 cm³/mol. The van der Waals surface area contributed by atoms with Gasteiger partial charge < -0.3 is 5.32 Å². The molecule has 0 aromatic carbocycles. The molecular formula is C13H19N5. The van der Waals surface area contributed by atoms with Crippen molar-refractivity contribution in [3.8, 4) is 0 Å². The van der Waals surface area contributed by atoms with E-state index in [1.807, 2.05) is 11.4 Å². The molecule has 2 heterocycles. The molecule has 2 aromatic rings. The van der Waals surface area contributed by atoms with Gasteiger partial charge in [0.15, 0.2) is 0 Å². The van der Waals surface area contributed by atoms with Gasteiger partial charge in [-0.25, -0.2) is 4.98 Å². The SMILES string of the molecule is Cc1nc2ncnn2c(NC2CCC(C)C2)c1C. The van der Waals surface area contributed by atoms with Crippen LogP contribution in [0.15, 0.2) is 6.33 Å². The number of anilines is 1. The number of nitrogens with one attached hydrogen (secondary N) is 1. The highest BCUT2D eigenvalue weighted by molar-refractivity contribution is 5.52. The highest BCUT2D eigenvalue weighted by atomic mass is 15.4. The van der Waals surface area contributed by atoms with Gasteiger partial charge in [-0.15, -0.1) is 0 Å². The first-order chi connectivity index (χ1) is 8.65. The summed E-state index contributed by atoms with van der Waals surface area (Å²) in [4.78, 5) is 8.61. The summed E-state index contributed by atoms with van der Waals surface area (Å²) in [6, 6.07) is 0.549. The molecule has 2 atom stereocenters. The minimum Gasteiger partial charge on any atom is -0.367 e. The largest absolute Gasteiger partial charge is 0.367 e. The van der Waals surface area contributed by atoms with Crippen LogP contribution < -0.4 is 5.32 Å². The third-order valence-electron chi connectivity index (χ3n) is 3.94. The zero-order valence-electron chi connectivity index (χ0n) is 11.1. The smallest absolute Gasteiger partial charge is 0.254 e. The van der Waals surface area contributed by atoms with Crippen molar-refractivity contribution in [2.45, 2.75) is 46.1 Å². The van der Waals surface area contributed by atoms with E-state index in [0.29, 0.717) is 11.8 Å². The van der Waals surface area contributed by atoms with Crippen molar-refractivity contribution in [2.75, 3.05) is 5.32 Å². The van der Waals surface area contributed by atoms with Gasteiger partial charge in [-0.05, 0) is 39.0 Å². The fraction of sp³-hybridized carbons (Fsp3) is 0.615. The van der Waals surface area contributed by atoms with Gasteiger partial charge >= 0.3 is 0 Å². The van der Waals surface area contributed by atoms with Gasteiger partial charge in [0.05, 0.1) is 0 Å². The van der Waals surface area contributed by atoms with Crippen molar-refractivity contribution in [3.63, 3.8) is 0 Å². The monoisotopic (exact) mass is 245 g/mol. The minimum atomic E-state index is 0.549. The Balaban J connectivity index is 1.99. The molecule has 1 aliphatic rings. The van der Waals surface area contributed by atoms with Gasteiger partial charge in [-0.1, -0.05) is 6.92 Å². The lowest BCUT2D eigenvalue weighted by atomic mass is 10.1. The molecule has 3 rings (SSSR count). The van der Waals surface area contributed by atoms with E-state index >= 15 is 0 Å². The quantitative estimate of drug-likeness (QED) is 0.882. The molecule has 0 saturated heterocycles. The number of hydrogen-bond donors (Lipinski definition) is 1. The summed E-state index contributed by atoms with van der Waals surface area (Å²) < 4.78 is 1.81.